The number of pyridine rings is 1. The van der Waals surface area contributed by atoms with Gasteiger partial charge < -0.3 is 25.4 Å². The Balaban J connectivity index is 1.40. The molecular weight excluding hydrogens is 384 g/mol. The van der Waals surface area contributed by atoms with E-state index in [4.69, 9.17) is 20.2 Å². The first-order chi connectivity index (χ1) is 14.6. The molecule has 0 radical (unpaired) electrons. The van der Waals surface area contributed by atoms with Gasteiger partial charge in [0.15, 0.2) is 6.61 Å². The predicted octanol–water partition coefficient (Wildman–Crippen LogP) is 1.61. The average Bonchev–Trinajstić information content (AvgIpc) is 3.29. The molecule has 3 N–H and O–H groups in total. The van der Waals surface area contributed by atoms with Gasteiger partial charge in [-0.2, -0.15) is 0 Å². The number of hydrogen-bond acceptors (Lipinski definition) is 6. The van der Waals surface area contributed by atoms with E-state index < -0.39 is 0 Å². The van der Waals surface area contributed by atoms with Crippen LogP contribution in [0.4, 0.5) is 5.82 Å². The quantitative estimate of drug-likeness (QED) is 0.716. The molecule has 0 spiro atoms. The Hall–Kier alpha value is -2.87. The third-order valence-electron chi connectivity index (χ3n) is 5.80. The number of nitrogens with two attached hydrogens (primary N) is 1. The van der Waals surface area contributed by atoms with Crippen molar-refractivity contribution in [3.8, 4) is 5.75 Å². The van der Waals surface area contributed by atoms with Crippen molar-refractivity contribution in [1.29, 1.82) is 0 Å². The van der Waals surface area contributed by atoms with Gasteiger partial charge in [0.2, 0.25) is 5.91 Å². The minimum Gasteiger partial charge on any atom is -0.481 e. The number of nitrogens with zero attached hydrogens (tertiary/aromatic N) is 2. The van der Waals surface area contributed by atoms with Crippen molar-refractivity contribution in [1.82, 2.24) is 10.3 Å². The monoisotopic (exact) mass is 412 g/mol. The molecule has 2 aliphatic heterocycles. The topological polar surface area (TPSA) is 107 Å². The van der Waals surface area contributed by atoms with Gasteiger partial charge in [0.05, 0.1) is 6.10 Å². The molecule has 2 saturated heterocycles. The van der Waals surface area contributed by atoms with Crippen LogP contribution in [-0.4, -0.2) is 55.8 Å². The average molecular weight is 412 g/mol. The van der Waals surface area contributed by atoms with Crippen molar-refractivity contribution < 1.29 is 19.1 Å². The molecule has 1 aromatic carbocycles. The summed E-state index contributed by atoms with van der Waals surface area (Å²) in [7, 11) is 0. The zero-order chi connectivity index (χ0) is 20.9. The van der Waals surface area contributed by atoms with Crippen molar-refractivity contribution in [2.24, 2.45) is 11.7 Å². The van der Waals surface area contributed by atoms with Gasteiger partial charge in [0.25, 0.3) is 5.91 Å². The number of carbonyl (C=O) groups excluding carboxylic acids is 2. The summed E-state index contributed by atoms with van der Waals surface area (Å²) < 4.78 is 11.3. The summed E-state index contributed by atoms with van der Waals surface area (Å²) in [5.74, 6) is 0.952. The van der Waals surface area contributed by atoms with Crippen LogP contribution in [0.3, 0.4) is 0 Å². The van der Waals surface area contributed by atoms with Gasteiger partial charge in [-0.15, -0.1) is 0 Å². The van der Waals surface area contributed by atoms with Gasteiger partial charge >= 0.3 is 0 Å². The molecule has 8 nitrogen and oxygen atoms in total. The lowest BCUT2D eigenvalue weighted by atomic mass is 9.96. The molecular formula is C22H28N4O4. The van der Waals surface area contributed by atoms with E-state index in [1.54, 1.807) is 0 Å². The van der Waals surface area contributed by atoms with Crippen molar-refractivity contribution in [3.05, 3.63) is 30.3 Å². The maximum absolute atomic E-state index is 12.2. The highest BCUT2D eigenvalue weighted by molar-refractivity contribution is 5.86. The first kappa shape index (κ1) is 20.4. The van der Waals surface area contributed by atoms with Crippen molar-refractivity contribution >= 4 is 28.5 Å². The normalized spacial score (nSPS) is 19.7. The molecule has 2 amide bonds. The number of piperidine rings is 1. The second kappa shape index (κ2) is 9.30. The second-order valence-electron chi connectivity index (χ2n) is 7.89. The number of nitrogens with one attached hydrogen (secondary N) is 1. The Bertz CT molecular complexity index is 905. The standard InChI is InChI=1S/C22H28N4O4/c23-22(28)16-8-10-26(11-9-16)19-7-6-15-3-1-5-18(21(15)25-19)30-14-20(27)24-13-17-4-2-12-29-17/h1,3,5-7,16-17H,2,4,8-14H2,(H2,23,28)(H,24,27). The van der Waals surface area contributed by atoms with E-state index in [2.05, 4.69) is 10.2 Å². The molecule has 1 aromatic heterocycles. The van der Waals surface area contributed by atoms with Crippen LogP contribution in [0.5, 0.6) is 5.75 Å². The fourth-order valence-corrected chi connectivity index (χ4v) is 4.02. The van der Waals surface area contributed by atoms with Gasteiger partial charge in [-0.05, 0) is 43.9 Å². The molecule has 1 unspecified atom stereocenters. The summed E-state index contributed by atoms with van der Waals surface area (Å²) in [6.07, 6.45) is 3.60. The van der Waals surface area contributed by atoms with Gasteiger partial charge in [-0.25, -0.2) is 4.98 Å². The van der Waals surface area contributed by atoms with Gasteiger partial charge in [0, 0.05) is 37.5 Å². The highest BCUT2D eigenvalue weighted by Gasteiger charge is 2.24. The molecule has 30 heavy (non-hydrogen) atoms. The number of carbonyl (C=O) groups is 2. The predicted molar refractivity (Wildman–Crippen MR) is 113 cm³/mol. The summed E-state index contributed by atoms with van der Waals surface area (Å²) >= 11 is 0. The van der Waals surface area contributed by atoms with Crippen molar-refractivity contribution in [3.63, 3.8) is 0 Å². The lowest BCUT2D eigenvalue weighted by molar-refractivity contribution is -0.123. The van der Waals surface area contributed by atoms with Crippen LogP contribution >= 0.6 is 0 Å². The maximum atomic E-state index is 12.2. The highest BCUT2D eigenvalue weighted by Crippen LogP contribution is 2.28. The van der Waals surface area contributed by atoms with Gasteiger partial charge in [0.1, 0.15) is 17.1 Å². The van der Waals surface area contributed by atoms with Crippen LogP contribution in [0.1, 0.15) is 25.7 Å². The van der Waals surface area contributed by atoms with E-state index in [1.165, 1.54) is 0 Å². The van der Waals surface area contributed by atoms with E-state index >= 15 is 0 Å². The molecule has 2 aliphatic rings. The number of anilines is 1. The summed E-state index contributed by atoms with van der Waals surface area (Å²) in [4.78, 5) is 30.5. The molecule has 0 aliphatic carbocycles. The van der Waals surface area contributed by atoms with Crippen LogP contribution < -0.4 is 20.7 Å². The number of para-hydroxylation sites is 1. The Morgan fingerprint density at radius 1 is 1.20 bits per heavy atom. The van der Waals surface area contributed by atoms with Crippen molar-refractivity contribution in [2.75, 3.05) is 37.7 Å². The number of aromatic nitrogens is 1. The lowest BCUT2D eigenvalue weighted by Gasteiger charge is -2.31. The fourth-order valence-electron chi connectivity index (χ4n) is 4.02. The Morgan fingerprint density at radius 2 is 2.03 bits per heavy atom. The SMILES string of the molecule is NC(=O)C1CCN(c2ccc3cccc(OCC(=O)NCC4CCCO4)c3n2)CC1. The molecule has 8 heteroatoms. The van der Waals surface area contributed by atoms with Gasteiger partial charge in [-0.1, -0.05) is 12.1 Å². The summed E-state index contributed by atoms with van der Waals surface area (Å²) in [6.45, 7) is 2.69. The number of ether oxygens (including phenoxy) is 2. The maximum Gasteiger partial charge on any atom is 0.258 e. The molecule has 2 aromatic rings. The van der Waals surface area contributed by atoms with Gasteiger partial charge in [-0.3, -0.25) is 9.59 Å². The van der Waals surface area contributed by atoms with Crippen LogP contribution in [0, 0.1) is 5.92 Å². The molecule has 1 atom stereocenters. The minimum atomic E-state index is -0.227. The van der Waals surface area contributed by atoms with E-state index in [0.717, 1.165) is 62.1 Å². The number of amides is 2. The molecule has 160 valence electrons. The van der Waals surface area contributed by atoms with E-state index in [-0.39, 0.29) is 30.4 Å². The molecule has 0 saturated carbocycles. The second-order valence-corrected chi connectivity index (χ2v) is 7.89. The van der Waals surface area contributed by atoms with Crippen LogP contribution in [0.15, 0.2) is 30.3 Å². The number of primary amides is 1. The van der Waals surface area contributed by atoms with E-state index in [0.29, 0.717) is 12.3 Å². The fraction of sp³-hybridized carbons (Fsp3) is 0.500. The first-order valence-corrected chi connectivity index (χ1v) is 10.6. The van der Waals surface area contributed by atoms with Crippen LogP contribution in [0.25, 0.3) is 10.9 Å². The Morgan fingerprint density at radius 3 is 2.77 bits per heavy atom. The summed E-state index contributed by atoms with van der Waals surface area (Å²) in [6, 6.07) is 9.66. The number of rotatable bonds is 7. The van der Waals surface area contributed by atoms with Crippen molar-refractivity contribution in [2.45, 2.75) is 31.8 Å². The summed E-state index contributed by atoms with van der Waals surface area (Å²) in [5, 5.41) is 3.81. The Labute approximate surface area is 175 Å². The summed E-state index contributed by atoms with van der Waals surface area (Å²) in [5.41, 5.74) is 6.15. The number of hydrogen-bond donors (Lipinski definition) is 2. The molecule has 4 rings (SSSR count). The van der Waals surface area contributed by atoms with Crippen LogP contribution in [0.2, 0.25) is 0 Å². The van der Waals surface area contributed by atoms with E-state index in [9.17, 15) is 9.59 Å². The lowest BCUT2D eigenvalue weighted by Crippen LogP contribution is -2.38. The highest BCUT2D eigenvalue weighted by atomic mass is 16.5. The smallest absolute Gasteiger partial charge is 0.258 e. The third kappa shape index (κ3) is 4.81. The molecule has 0 bridgehead atoms. The largest absolute Gasteiger partial charge is 0.481 e. The molecule has 3 heterocycles. The third-order valence-corrected chi connectivity index (χ3v) is 5.80. The minimum absolute atomic E-state index is 0.0613. The zero-order valence-corrected chi connectivity index (χ0v) is 17.0. The number of fused-ring (bicyclic) bond motifs is 1. The first-order valence-electron chi connectivity index (χ1n) is 10.6. The molecule has 2 fully saturated rings. The van der Waals surface area contributed by atoms with Crippen LogP contribution in [-0.2, 0) is 14.3 Å². The van der Waals surface area contributed by atoms with E-state index in [1.807, 2.05) is 30.3 Å². The Kier molecular flexibility index (Phi) is 6.32. The zero-order valence-electron chi connectivity index (χ0n) is 17.0. The number of benzene rings is 1.